The summed E-state index contributed by atoms with van der Waals surface area (Å²) in [5.74, 6) is 0.206. The number of carbonyl (C=O) groups is 2. The second kappa shape index (κ2) is 10.6. The molecule has 0 bridgehead atoms. The quantitative estimate of drug-likeness (QED) is 0.446. The van der Waals surface area contributed by atoms with Crippen LogP contribution in [0.5, 0.6) is 5.75 Å². The average Bonchev–Trinajstić information content (AvgIpc) is 2.80. The van der Waals surface area contributed by atoms with Gasteiger partial charge in [-0.2, -0.15) is 5.10 Å². The van der Waals surface area contributed by atoms with Gasteiger partial charge in [0.1, 0.15) is 5.75 Å². The van der Waals surface area contributed by atoms with Gasteiger partial charge in [-0.15, -0.1) is 0 Å². The number of rotatable bonds is 8. The number of carbonyl (C=O) groups excluding carboxylic acids is 2. The van der Waals surface area contributed by atoms with E-state index in [2.05, 4.69) is 15.8 Å². The second-order valence-electron chi connectivity index (χ2n) is 6.57. The Morgan fingerprint density at radius 3 is 2.20 bits per heavy atom. The molecule has 1 atom stereocenters. The van der Waals surface area contributed by atoms with Crippen molar-refractivity contribution in [1.82, 2.24) is 10.7 Å². The highest BCUT2D eigenvalue weighted by molar-refractivity contribution is 5.94. The molecule has 0 aromatic heterocycles. The Hall–Kier alpha value is -3.93. The van der Waals surface area contributed by atoms with Gasteiger partial charge in [0, 0.05) is 5.56 Å². The first-order chi connectivity index (χ1) is 14.7. The van der Waals surface area contributed by atoms with Gasteiger partial charge in [-0.3, -0.25) is 9.59 Å². The molecule has 0 fully saturated rings. The van der Waals surface area contributed by atoms with E-state index in [-0.39, 0.29) is 18.2 Å². The van der Waals surface area contributed by atoms with E-state index in [4.69, 9.17) is 4.74 Å². The lowest BCUT2D eigenvalue weighted by atomic mass is 10.0. The lowest BCUT2D eigenvalue weighted by molar-refractivity contribution is -0.121. The molecule has 0 aliphatic carbocycles. The van der Waals surface area contributed by atoms with E-state index in [1.54, 1.807) is 37.6 Å². The zero-order chi connectivity index (χ0) is 21.2. The normalized spacial score (nSPS) is 11.6. The van der Waals surface area contributed by atoms with Gasteiger partial charge in [-0.1, -0.05) is 48.5 Å². The summed E-state index contributed by atoms with van der Waals surface area (Å²) in [6, 6.07) is 25.1. The second-order valence-corrected chi connectivity index (χ2v) is 6.57. The summed E-state index contributed by atoms with van der Waals surface area (Å²) < 4.78 is 5.11. The van der Waals surface area contributed by atoms with E-state index in [1.165, 1.54) is 0 Å². The van der Waals surface area contributed by atoms with Crippen molar-refractivity contribution in [1.29, 1.82) is 0 Å². The molecule has 0 heterocycles. The number of hydrogen-bond acceptors (Lipinski definition) is 4. The van der Waals surface area contributed by atoms with Crippen molar-refractivity contribution in [3.8, 4) is 5.75 Å². The fraction of sp³-hybridized carbons (Fsp3) is 0.125. The molecule has 2 amide bonds. The summed E-state index contributed by atoms with van der Waals surface area (Å²) >= 11 is 0. The highest BCUT2D eigenvalue weighted by Gasteiger charge is 2.19. The molecule has 30 heavy (non-hydrogen) atoms. The molecule has 6 heteroatoms. The minimum atomic E-state index is -0.477. The van der Waals surface area contributed by atoms with Crippen LogP contribution in [0.2, 0.25) is 0 Å². The molecule has 152 valence electrons. The summed E-state index contributed by atoms with van der Waals surface area (Å²) in [5.41, 5.74) is 4.73. The molecule has 0 radical (unpaired) electrons. The zero-order valence-corrected chi connectivity index (χ0v) is 16.6. The van der Waals surface area contributed by atoms with Gasteiger partial charge in [0.2, 0.25) is 5.91 Å². The Labute approximate surface area is 175 Å². The smallest absolute Gasteiger partial charge is 0.251 e. The van der Waals surface area contributed by atoms with Crippen molar-refractivity contribution in [2.45, 2.75) is 12.5 Å². The summed E-state index contributed by atoms with van der Waals surface area (Å²) in [7, 11) is 1.60. The maximum Gasteiger partial charge on any atom is 0.251 e. The third-order valence-electron chi connectivity index (χ3n) is 4.45. The molecule has 0 unspecified atom stereocenters. The minimum absolute atomic E-state index is 0.0581. The van der Waals surface area contributed by atoms with Crippen molar-refractivity contribution in [2.75, 3.05) is 7.11 Å². The first-order valence-electron chi connectivity index (χ1n) is 9.52. The largest absolute Gasteiger partial charge is 0.497 e. The Morgan fingerprint density at radius 2 is 1.57 bits per heavy atom. The van der Waals surface area contributed by atoms with Crippen LogP contribution in [-0.2, 0) is 4.79 Å². The Morgan fingerprint density at radius 1 is 0.933 bits per heavy atom. The molecule has 0 saturated heterocycles. The first kappa shape index (κ1) is 20.8. The molecule has 0 spiro atoms. The number of amides is 2. The maximum absolute atomic E-state index is 12.6. The van der Waals surface area contributed by atoms with E-state index in [1.807, 2.05) is 60.7 Å². The Kier molecular flexibility index (Phi) is 7.33. The Bertz CT molecular complexity index is 987. The van der Waals surface area contributed by atoms with Crippen LogP contribution in [-0.4, -0.2) is 25.1 Å². The fourth-order valence-electron chi connectivity index (χ4n) is 2.87. The predicted molar refractivity (Wildman–Crippen MR) is 116 cm³/mol. The minimum Gasteiger partial charge on any atom is -0.497 e. The molecule has 2 N–H and O–H groups in total. The van der Waals surface area contributed by atoms with Gasteiger partial charge in [0.05, 0.1) is 25.8 Å². The summed E-state index contributed by atoms with van der Waals surface area (Å²) in [6.45, 7) is 0. The zero-order valence-electron chi connectivity index (χ0n) is 16.6. The van der Waals surface area contributed by atoms with Crippen molar-refractivity contribution in [2.24, 2.45) is 5.10 Å². The lowest BCUT2D eigenvalue weighted by Gasteiger charge is -2.18. The van der Waals surface area contributed by atoms with E-state index in [0.717, 1.165) is 16.9 Å². The van der Waals surface area contributed by atoms with Crippen LogP contribution in [0.1, 0.15) is 33.9 Å². The number of benzene rings is 3. The van der Waals surface area contributed by atoms with E-state index >= 15 is 0 Å². The van der Waals surface area contributed by atoms with Gasteiger partial charge < -0.3 is 10.1 Å². The van der Waals surface area contributed by atoms with E-state index in [9.17, 15) is 9.59 Å². The highest BCUT2D eigenvalue weighted by atomic mass is 16.5. The van der Waals surface area contributed by atoms with Gasteiger partial charge in [-0.25, -0.2) is 5.43 Å². The first-order valence-corrected chi connectivity index (χ1v) is 9.52. The van der Waals surface area contributed by atoms with Gasteiger partial charge in [0.25, 0.3) is 5.91 Å². The predicted octanol–water partition coefficient (Wildman–Crippen LogP) is 3.71. The van der Waals surface area contributed by atoms with Gasteiger partial charge >= 0.3 is 0 Å². The highest BCUT2D eigenvalue weighted by Crippen LogP contribution is 2.17. The summed E-state index contributed by atoms with van der Waals surface area (Å²) in [5, 5.41) is 6.94. The van der Waals surface area contributed by atoms with E-state index in [0.29, 0.717) is 5.56 Å². The number of hydrogen-bond donors (Lipinski definition) is 2. The molecule has 6 nitrogen and oxygen atoms in total. The maximum atomic E-state index is 12.6. The fourth-order valence-corrected chi connectivity index (χ4v) is 2.87. The van der Waals surface area contributed by atoms with Crippen molar-refractivity contribution >= 4 is 18.0 Å². The molecule has 3 aromatic rings. The van der Waals surface area contributed by atoms with Crippen LogP contribution in [0.25, 0.3) is 0 Å². The molecule has 3 rings (SSSR count). The van der Waals surface area contributed by atoms with Crippen LogP contribution in [0.15, 0.2) is 90.0 Å². The molecule has 0 aliphatic heterocycles. The number of methoxy groups -OCH3 is 1. The SMILES string of the molecule is COc1ccc(/C=N\NC(=O)C[C@@H](NC(=O)c2ccccc2)c2ccccc2)cc1. The van der Waals surface area contributed by atoms with Gasteiger partial charge in [0.15, 0.2) is 0 Å². The van der Waals surface area contributed by atoms with Crippen molar-refractivity contribution in [3.63, 3.8) is 0 Å². The topological polar surface area (TPSA) is 79.8 Å². The average molecular weight is 401 g/mol. The van der Waals surface area contributed by atoms with Crippen LogP contribution < -0.4 is 15.5 Å². The molecule has 3 aromatic carbocycles. The van der Waals surface area contributed by atoms with Crippen LogP contribution in [0.4, 0.5) is 0 Å². The third kappa shape index (κ3) is 6.04. The van der Waals surface area contributed by atoms with Crippen LogP contribution in [0, 0.1) is 0 Å². The lowest BCUT2D eigenvalue weighted by Crippen LogP contribution is -2.32. The molecule has 0 saturated carbocycles. The van der Waals surface area contributed by atoms with Crippen molar-refractivity contribution < 1.29 is 14.3 Å². The number of nitrogens with one attached hydrogen (secondary N) is 2. The third-order valence-corrected chi connectivity index (χ3v) is 4.45. The summed E-state index contributed by atoms with van der Waals surface area (Å²) in [4.78, 5) is 25.0. The van der Waals surface area contributed by atoms with Crippen LogP contribution in [0.3, 0.4) is 0 Å². The number of ether oxygens (including phenoxy) is 1. The molecular weight excluding hydrogens is 378 g/mol. The number of hydrazone groups is 1. The van der Waals surface area contributed by atoms with Gasteiger partial charge in [-0.05, 0) is 47.5 Å². The van der Waals surface area contributed by atoms with E-state index < -0.39 is 6.04 Å². The summed E-state index contributed by atoms with van der Waals surface area (Å²) in [6.07, 6.45) is 1.61. The number of nitrogens with zero attached hydrogens (tertiary/aromatic N) is 1. The monoisotopic (exact) mass is 401 g/mol. The Balaban J connectivity index is 1.64. The van der Waals surface area contributed by atoms with Crippen LogP contribution >= 0.6 is 0 Å². The standard InChI is InChI=1S/C24H23N3O3/c1-30-21-14-12-18(13-15-21)17-25-27-23(28)16-22(19-8-4-2-5-9-19)26-24(29)20-10-6-3-7-11-20/h2-15,17,22H,16H2,1H3,(H,26,29)(H,27,28)/b25-17-/t22-/m1/s1. The molecular formula is C24H23N3O3. The van der Waals surface area contributed by atoms with Crippen molar-refractivity contribution in [3.05, 3.63) is 102 Å². The molecule has 0 aliphatic rings.